The fraction of sp³-hybridized carbons (Fsp3) is 0.250. The number of ether oxygens (including phenoxy) is 1. The molecule has 0 amide bonds. The molecular weight excluding hydrogens is 255 g/mol. The van der Waals surface area contributed by atoms with E-state index in [4.69, 9.17) is 10.5 Å². The molecule has 0 spiro atoms. The van der Waals surface area contributed by atoms with Crippen LogP contribution in [-0.4, -0.2) is 20.7 Å². The molecule has 0 fully saturated rings. The van der Waals surface area contributed by atoms with Gasteiger partial charge in [0.15, 0.2) is 0 Å². The Hall–Kier alpha value is -2.07. The fourth-order valence-electron chi connectivity index (χ4n) is 2.09. The Morgan fingerprint density at radius 1 is 1.20 bits per heavy atom. The van der Waals surface area contributed by atoms with Crippen LogP contribution in [0.3, 0.4) is 0 Å². The van der Waals surface area contributed by atoms with Gasteiger partial charge < -0.3 is 15.4 Å². The highest BCUT2D eigenvalue weighted by molar-refractivity contribution is 5.50. The average Bonchev–Trinajstić information content (AvgIpc) is 2.47. The molecule has 0 aliphatic rings. The summed E-state index contributed by atoms with van der Waals surface area (Å²) in [4.78, 5) is 2.03. The lowest BCUT2D eigenvalue weighted by Crippen LogP contribution is -2.29. The summed E-state index contributed by atoms with van der Waals surface area (Å²) in [6.07, 6.45) is 0. The monoisotopic (exact) mass is 274 g/mol. The molecule has 2 aromatic rings. The molecule has 2 N–H and O–H groups in total. The molecule has 4 heteroatoms. The van der Waals surface area contributed by atoms with Crippen molar-refractivity contribution in [2.24, 2.45) is 5.73 Å². The summed E-state index contributed by atoms with van der Waals surface area (Å²) in [6, 6.07) is 13.9. The third kappa shape index (κ3) is 3.48. The minimum Gasteiger partial charge on any atom is -0.497 e. The second kappa shape index (κ2) is 6.39. The van der Waals surface area contributed by atoms with E-state index in [9.17, 15) is 4.39 Å². The van der Waals surface area contributed by atoms with Crippen molar-refractivity contribution >= 4 is 5.69 Å². The molecule has 106 valence electrons. The molecule has 20 heavy (non-hydrogen) atoms. The molecule has 2 rings (SSSR count). The molecule has 0 saturated heterocycles. The Balaban J connectivity index is 2.08. The summed E-state index contributed by atoms with van der Waals surface area (Å²) in [5, 5.41) is 0. The van der Waals surface area contributed by atoms with Gasteiger partial charge in [0, 0.05) is 31.4 Å². The smallest absolute Gasteiger partial charge is 0.123 e. The van der Waals surface area contributed by atoms with Crippen LogP contribution in [0.15, 0.2) is 48.5 Å². The van der Waals surface area contributed by atoms with Gasteiger partial charge in [0.05, 0.1) is 7.11 Å². The molecule has 1 atom stereocenters. The number of nitrogens with two attached hydrogens (primary N) is 1. The maximum Gasteiger partial charge on any atom is 0.123 e. The largest absolute Gasteiger partial charge is 0.497 e. The van der Waals surface area contributed by atoms with E-state index in [1.54, 1.807) is 13.2 Å². The van der Waals surface area contributed by atoms with E-state index in [2.05, 4.69) is 0 Å². The average molecular weight is 274 g/mol. The van der Waals surface area contributed by atoms with Gasteiger partial charge in [0.1, 0.15) is 11.6 Å². The number of rotatable bonds is 5. The van der Waals surface area contributed by atoms with Gasteiger partial charge in [-0.2, -0.15) is 0 Å². The number of methoxy groups -OCH3 is 1. The maximum absolute atomic E-state index is 13.2. The van der Waals surface area contributed by atoms with Gasteiger partial charge in [0.2, 0.25) is 0 Å². The minimum absolute atomic E-state index is 0.248. The van der Waals surface area contributed by atoms with Crippen LogP contribution in [0.5, 0.6) is 5.75 Å². The van der Waals surface area contributed by atoms with Gasteiger partial charge in [-0.1, -0.05) is 18.2 Å². The summed E-state index contributed by atoms with van der Waals surface area (Å²) in [5.41, 5.74) is 7.93. The first-order valence-electron chi connectivity index (χ1n) is 6.46. The van der Waals surface area contributed by atoms with Crippen LogP contribution in [0, 0.1) is 5.82 Å². The van der Waals surface area contributed by atoms with Crippen molar-refractivity contribution in [1.82, 2.24) is 0 Å². The number of likely N-dealkylation sites (N-methyl/N-ethyl adjacent to an activating group) is 1. The number of nitrogens with zero attached hydrogens (tertiary/aromatic N) is 1. The van der Waals surface area contributed by atoms with Crippen molar-refractivity contribution in [3.05, 3.63) is 59.9 Å². The van der Waals surface area contributed by atoms with Crippen molar-refractivity contribution in [1.29, 1.82) is 0 Å². The van der Waals surface area contributed by atoms with Crippen LogP contribution in [0.1, 0.15) is 11.6 Å². The normalized spacial score (nSPS) is 12.0. The lowest BCUT2D eigenvalue weighted by Gasteiger charge is -2.24. The molecule has 0 aliphatic heterocycles. The summed E-state index contributed by atoms with van der Waals surface area (Å²) in [5.74, 6) is 0.538. The molecule has 2 aromatic carbocycles. The van der Waals surface area contributed by atoms with E-state index in [1.165, 1.54) is 12.1 Å². The van der Waals surface area contributed by atoms with Crippen LogP contribution in [0.2, 0.25) is 0 Å². The molecule has 0 aromatic heterocycles. The molecule has 0 aliphatic carbocycles. The van der Waals surface area contributed by atoms with Gasteiger partial charge in [0.25, 0.3) is 0 Å². The zero-order chi connectivity index (χ0) is 14.5. The first-order valence-corrected chi connectivity index (χ1v) is 6.46. The van der Waals surface area contributed by atoms with Gasteiger partial charge >= 0.3 is 0 Å². The predicted molar refractivity (Wildman–Crippen MR) is 79.6 cm³/mol. The summed E-state index contributed by atoms with van der Waals surface area (Å²) >= 11 is 0. The molecule has 1 unspecified atom stereocenters. The highest BCUT2D eigenvalue weighted by atomic mass is 19.1. The third-order valence-electron chi connectivity index (χ3n) is 3.24. The number of benzene rings is 2. The Morgan fingerprint density at radius 3 is 2.65 bits per heavy atom. The Labute approximate surface area is 118 Å². The molecule has 0 saturated carbocycles. The topological polar surface area (TPSA) is 38.5 Å². The van der Waals surface area contributed by atoms with Crippen molar-refractivity contribution in [2.75, 3.05) is 25.6 Å². The second-order valence-electron chi connectivity index (χ2n) is 4.74. The predicted octanol–water partition coefficient (Wildman–Crippen LogP) is 2.97. The Bertz CT molecular complexity index is 574. The molecule has 3 nitrogen and oxygen atoms in total. The minimum atomic E-state index is -0.262. The van der Waals surface area contributed by atoms with Gasteiger partial charge in [-0.15, -0.1) is 0 Å². The van der Waals surface area contributed by atoms with E-state index in [-0.39, 0.29) is 11.9 Å². The van der Waals surface area contributed by atoms with E-state index < -0.39 is 0 Å². The number of halogens is 1. The highest BCUT2D eigenvalue weighted by Crippen LogP contribution is 2.22. The molecule has 0 bridgehead atoms. The van der Waals surface area contributed by atoms with Gasteiger partial charge in [-0.05, 0) is 29.8 Å². The van der Waals surface area contributed by atoms with E-state index in [0.29, 0.717) is 6.54 Å². The number of anilines is 1. The quantitative estimate of drug-likeness (QED) is 0.911. The third-order valence-corrected chi connectivity index (χ3v) is 3.24. The summed E-state index contributed by atoms with van der Waals surface area (Å²) in [6.45, 7) is 0.594. The SMILES string of the molecule is COc1cccc(N(C)CC(N)c2cccc(F)c2)c1. The fourth-order valence-corrected chi connectivity index (χ4v) is 2.09. The molecular formula is C16H19FN2O. The summed E-state index contributed by atoms with van der Waals surface area (Å²) < 4.78 is 18.4. The van der Waals surface area contributed by atoms with Crippen molar-refractivity contribution in [2.45, 2.75) is 6.04 Å². The van der Waals surface area contributed by atoms with Crippen LogP contribution in [-0.2, 0) is 0 Å². The van der Waals surface area contributed by atoms with E-state index in [0.717, 1.165) is 17.0 Å². The number of hydrogen-bond donors (Lipinski definition) is 1. The zero-order valence-corrected chi connectivity index (χ0v) is 11.7. The highest BCUT2D eigenvalue weighted by Gasteiger charge is 2.11. The van der Waals surface area contributed by atoms with Crippen molar-refractivity contribution < 1.29 is 9.13 Å². The first kappa shape index (κ1) is 14.3. The Kier molecular flexibility index (Phi) is 4.58. The second-order valence-corrected chi connectivity index (χ2v) is 4.74. The molecule has 0 heterocycles. The molecule has 0 radical (unpaired) electrons. The zero-order valence-electron chi connectivity index (χ0n) is 11.7. The standard InChI is InChI=1S/C16H19FN2O/c1-19(14-7-4-8-15(10-14)20-2)11-16(18)12-5-3-6-13(17)9-12/h3-10,16H,11,18H2,1-2H3. The van der Waals surface area contributed by atoms with Gasteiger partial charge in [-0.3, -0.25) is 0 Å². The lowest BCUT2D eigenvalue weighted by molar-refractivity contribution is 0.415. The van der Waals surface area contributed by atoms with Crippen molar-refractivity contribution in [3.8, 4) is 5.75 Å². The maximum atomic E-state index is 13.2. The Morgan fingerprint density at radius 2 is 1.95 bits per heavy atom. The van der Waals surface area contributed by atoms with Gasteiger partial charge in [-0.25, -0.2) is 4.39 Å². The van der Waals surface area contributed by atoms with E-state index in [1.807, 2.05) is 42.3 Å². The van der Waals surface area contributed by atoms with Crippen LogP contribution < -0.4 is 15.4 Å². The van der Waals surface area contributed by atoms with Crippen LogP contribution >= 0.6 is 0 Å². The van der Waals surface area contributed by atoms with Crippen molar-refractivity contribution in [3.63, 3.8) is 0 Å². The first-order chi connectivity index (χ1) is 9.60. The van der Waals surface area contributed by atoms with E-state index >= 15 is 0 Å². The van der Waals surface area contributed by atoms with Crippen LogP contribution in [0.4, 0.5) is 10.1 Å². The van der Waals surface area contributed by atoms with Crippen LogP contribution in [0.25, 0.3) is 0 Å². The summed E-state index contributed by atoms with van der Waals surface area (Å²) in [7, 11) is 3.59. The number of hydrogen-bond acceptors (Lipinski definition) is 3. The lowest BCUT2D eigenvalue weighted by atomic mass is 10.1.